The van der Waals surface area contributed by atoms with Crippen molar-refractivity contribution in [2.45, 2.75) is 18.9 Å². The lowest BCUT2D eigenvalue weighted by molar-refractivity contribution is -0.144. The molecule has 1 amide bonds. The molecule has 0 saturated carbocycles. The molecule has 7 heteroatoms. The van der Waals surface area contributed by atoms with Crippen LogP contribution in [0.5, 0.6) is 0 Å². The number of rotatable bonds is 3. The summed E-state index contributed by atoms with van der Waals surface area (Å²) >= 11 is 0. The molecular formula is C22H20N4O3. The van der Waals surface area contributed by atoms with Crippen molar-refractivity contribution in [3.05, 3.63) is 66.4 Å². The second-order valence-corrected chi connectivity index (χ2v) is 7.53. The van der Waals surface area contributed by atoms with Crippen molar-refractivity contribution in [3.63, 3.8) is 0 Å². The Labute approximate surface area is 167 Å². The number of likely N-dealkylation sites (N-methyl/N-ethyl adjacent to an activating group) is 1. The van der Waals surface area contributed by atoms with Gasteiger partial charge in [0, 0.05) is 37.8 Å². The van der Waals surface area contributed by atoms with Crippen LogP contribution in [-0.2, 0) is 10.4 Å². The molecule has 1 aliphatic heterocycles. The maximum absolute atomic E-state index is 12.3. The summed E-state index contributed by atoms with van der Waals surface area (Å²) in [6.07, 6.45) is 4.14. The Hall–Kier alpha value is -3.45. The highest BCUT2D eigenvalue weighted by Gasteiger charge is 2.48. The fourth-order valence-corrected chi connectivity index (χ4v) is 3.85. The number of carbonyl (C=O) groups excluding carboxylic acids is 1. The van der Waals surface area contributed by atoms with Crippen LogP contribution < -0.4 is 0 Å². The van der Waals surface area contributed by atoms with Gasteiger partial charge >= 0.3 is 0 Å². The van der Waals surface area contributed by atoms with E-state index in [1.54, 1.807) is 19.4 Å². The molecule has 1 atom stereocenters. The van der Waals surface area contributed by atoms with Crippen molar-refractivity contribution < 1.29 is 14.4 Å². The van der Waals surface area contributed by atoms with E-state index in [9.17, 15) is 9.90 Å². The van der Waals surface area contributed by atoms with Gasteiger partial charge in [0.15, 0.2) is 5.76 Å². The zero-order chi connectivity index (χ0) is 20.2. The SMILES string of the molecule is Cc1ncn2cc(-c3cccc(-c4cc(C5(O)CCN(C)C5=O)on4)c3)ccc12. The summed E-state index contributed by atoms with van der Waals surface area (Å²) in [4.78, 5) is 18.1. The molecule has 146 valence electrons. The van der Waals surface area contributed by atoms with Gasteiger partial charge in [0.2, 0.25) is 5.60 Å². The molecule has 1 saturated heterocycles. The zero-order valence-electron chi connectivity index (χ0n) is 16.2. The number of imidazole rings is 1. The maximum atomic E-state index is 12.3. The first-order valence-electron chi connectivity index (χ1n) is 9.45. The van der Waals surface area contributed by atoms with Crippen LogP contribution in [0.2, 0.25) is 0 Å². The lowest BCUT2D eigenvalue weighted by Crippen LogP contribution is -2.35. The van der Waals surface area contributed by atoms with Gasteiger partial charge in [-0.1, -0.05) is 29.4 Å². The zero-order valence-corrected chi connectivity index (χ0v) is 16.2. The van der Waals surface area contributed by atoms with Crippen molar-refractivity contribution >= 4 is 11.4 Å². The fraction of sp³-hybridized carbons (Fsp3) is 0.227. The van der Waals surface area contributed by atoms with Crippen LogP contribution in [0.15, 0.2) is 59.5 Å². The molecule has 5 rings (SSSR count). The average molecular weight is 388 g/mol. The molecule has 0 spiro atoms. The van der Waals surface area contributed by atoms with Gasteiger partial charge in [-0.3, -0.25) is 4.79 Å². The largest absolute Gasteiger partial charge is 0.373 e. The van der Waals surface area contributed by atoms with Gasteiger partial charge < -0.3 is 18.9 Å². The van der Waals surface area contributed by atoms with Crippen LogP contribution in [0, 0.1) is 6.92 Å². The minimum atomic E-state index is -1.64. The van der Waals surface area contributed by atoms with Gasteiger partial charge in [0.05, 0.1) is 17.5 Å². The van der Waals surface area contributed by atoms with E-state index in [4.69, 9.17) is 4.52 Å². The molecule has 1 aliphatic rings. The van der Waals surface area contributed by atoms with Gasteiger partial charge in [-0.2, -0.15) is 0 Å². The summed E-state index contributed by atoms with van der Waals surface area (Å²) in [5.41, 5.74) is 3.93. The molecule has 4 aromatic rings. The molecule has 0 radical (unpaired) electrons. The van der Waals surface area contributed by atoms with Crippen molar-refractivity contribution in [2.24, 2.45) is 0 Å². The van der Waals surface area contributed by atoms with Crippen molar-refractivity contribution in [1.29, 1.82) is 0 Å². The molecule has 0 aliphatic carbocycles. The monoisotopic (exact) mass is 388 g/mol. The number of hydrogen-bond acceptors (Lipinski definition) is 5. The summed E-state index contributed by atoms with van der Waals surface area (Å²) in [6.45, 7) is 2.47. The van der Waals surface area contributed by atoms with Gasteiger partial charge in [-0.05, 0) is 30.2 Å². The Morgan fingerprint density at radius 1 is 1.14 bits per heavy atom. The van der Waals surface area contributed by atoms with E-state index >= 15 is 0 Å². The number of benzene rings is 1. The minimum Gasteiger partial charge on any atom is -0.373 e. The third kappa shape index (κ3) is 2.74. The Morgan fingerprint density at radius 3 is 2.76 bits per heavy atom. The van der Waals surface area contributed by atoms with Gasteiger partial charge in [-0.25, -0.2) is 4.98 Å². The van der Waals surface area contributed by atoms with E-state index in [2.05, 4.69) is 22.3 Å². The van der Waals surface area contributed by atoms with E-state index in [0.29, 0.717) is 18.7 Å². The van der Waals surface area contributed by atoms with Crippen LogP contribution in [0.4, 0.5) is 0 Å². The second kappa shape index (κ2) is 6.28. The average Bonchev–Trinajstić information content (AvgIpc) is 3.44. The first-order valence-corrected chi connectivity index (χ1v) is 9.45. The Bertz CT molecular complexity index is 1240. The van der Waals surface area contributed by atoms with Crippen molar-refractivity contribution in [1.82, 2.24) is 19.4 Å². The number of carbonyl (C=O) groups is 1. The summed E-state index contributed by atoms with van der Waals surface area (Å²) < 4.78 is 7.37. The molecule has 3 aromatic heterocycles. The van der Waals surface area contributed by atoms with Gasteiger partial charge in [0.1, 0.15) is 5.69 Å². The Balaban J connectivity index is 1.50. The number of aryl methyl sites for hydroxylation is 1. The van der Waals surface area contributed by atoms with Gasteiger partial charge in [-0.15, -0.1) is 0 Å². The first-order chi connectivity index (χ1) is 14.0. The summed E-state index contributed by atoms with van der Waals surface area (Å²) in [6, 6.07) is 13.7. The van der Waals surface area contributed by atoms with Crippen molar-refractivity contribution in [3.8, 4) is 22.4 Å². The van der Waals surface area contributed by atoms with Crippen molar-refractivity contribution in [2.75, 3.05) is 13.6 Å². The standard InChI is InChI=1S/C22H20N4O3/c1-14-19-7-6-17(12-26(19)13-23-14)15-4-3-5-16(10-15)18-11-20(29-24-18)22(28)8-9-25(2)21(22)27/h3-7,10-13,28H,8-9H2,1-2H3. The number of amides is 1. The third-order valence-electron chi connectivity index (χ3n) is 5.64. The van der Waals surface area contributed by atoms with Crippen LogP contribution in [0.1, 0.15) is 17.9 Å². The number of fused-ring (bicyclic) bond motifs is 1. The number of nitrogens with zero attached hydrogens (tertiary/aromatic N) is 4. The predicted octanol–water partition coefficient (Wildman–Crippen LogP) is 3.01. The molecule has 1 aromatic carbocycles. The van der Waals surface area contributed by atoms with Crippen LogP contribution >= 0.6 is 0 Å². The molecule has 1 N–H and O–H groups in total. The van der Waals surface area contributed by atoms with E-state index in [0.717, 1.165) is 27.9 Å². The molecular weight excluding hydrogens is 368 g/mol. The number of pyridine rings is 1. The molecule has 0 bridgehead atoms. The van der Waals surface area contributed by atoms with E-state index in [1.807, 2.05) is 41.8 Å². The molecule has 29 heavy (non-hydrogen) atoms. The van der Waals surface area contributed by atoms with E-state index < -0.39 is 5.60 Å². The van der Waals surface area contributed by atoms with Crippen LogP contribution in [0.25, 0.3) is 27.9 Å². The first kappa shape index (κ1) is 17.6. The number of aromatic nitrogens is 3. The lowest BCUT2D eigenvalue weighted by atomic mass is 9.97. The van der Waals surface area contributed by atoms with Crippen LogP contribution in [-0.4, -0.2) is 44.0 Å². The molecule has 4 heterocycles. The smallest absolute Gasteiger partial charge is 0.262 e. The fourth-order valence-electron chi connectivity index (χ4n) is 3.85. The van der Waals surface area contributed by atoms with Gasteiger partial charge in [0.25, 0.3) is 5.91 Å². The highest BCUT2D eigenvalue weighted by atomic mass is 16.5. The van der Waals surface area contributed by atoms with Crippen LogP contribution in [0.3, 0.4) is 0 Å². The highest BCUT2D eigenvalue weighted by molar-refractivity contribution is 5.87. The van der Waals surface area contributed by atoms with E-state index in [-0.39, 0.29) is 11.7 Å². The highest BCUT2D eigenvalue weighted by Crippen LogP contribution is 2.35. The maximum Gasteiger partial charge on any atom is 0.262 e. The van der Waals surface area contributed by atoms with E-state index in [1.165, 1.54) is 4.90 Å². The number of likely N-dealkylation sites (tertiary alicyclic amines) is 1. The summed E-state index contributed by atoms with van der Waals surface area (Å²) in [5.74, 6) is -0.180. The second-order valence-electron chi connectivity index (χ2n) is 7.53. The topological polar surface area (TPSA) is 83.9 Å². The number of hydrogen-bond donors (Lipinski definition) is 1. The molecule has 1 unspecified atom stereocenters. The Kier molecular flexibility index (Phi) is 3.82. The quantitative estimate of drug-likeness (QED) is 0.583. The predicted molar refractivity (Wildman–Crippen MR) is 107 cm³/mol. The molecule has 1 fully saturated rings. The minimum absolute atomic E-state index is 0.183. The lowest BCUT2D eigenvalue weighted by Gasteiger charge is -2.16. The number of aliphatic hydroxyl groups is 1. The molecule has 7 nitrogen and oxygen atoms in total. The third-order valence-corrected chi connectivity index (χ3v) is 5.64. The summed E-state index contributed by atoms with van der Waals surface area (Å²) in [7, 11) is 1.67. The summed E-state index contributed by atoms with van der Waals surface area (Å²) in [5, 5.41) is 14.9. The Morgan fingerprint density at radius 2 is 1.97 bits per heavy atom. The normalized spacial score (nSPS) is 19.4.